The highest BCUT2D eigenvalue weighted by Gasteiger charge is 2.32. The van der Waals surface area contributed by atoms with E-state index in [1.165, 1.54) is 16.8 Å². The van der Waals surface area contributed by atoms with Crippen molar-refractivity contribution < 1.29 is 0 Å². The number of nitriles is 2. The fraction of sp³-hybridized carbons (Fsp3) is 0.321. The molecule has 5 nitrogen and oxygen atoms in total. The first kappa shape index (κ1) is 22.4. The van der Waals surface area contributed by atoms with Gasteiger partial charge in [0.1, 0.15) is 18.0 Å². The van der Waals surface area contributed by atoms with E-state index in [-0.39, 0.29) is 11.4 Å². The van der Waals surface area contributed by atoms with Gasteiger partial charge in [-0.25, -0.2) is 4.98 Å². The lowest BCUT2D eigenvalue weighted by atomic mass is 9.86. The molecule has 0 atom stereocenters. The highest BCUT2D eigenvalue weighted by molar-refractivity contribution is 6.09. The number of benzene rings is 1. The summed E-state index contributed by atoms with van der Waals surface area (Å²) in [4.78, 5) is 6.87. The van der Waals surface area contributed by atoms with E-state index in [0.29, 0.717) is 16.8 Å². The largest absolute Gasteiger partial charge is 0.383 e. The van der Waals surface area contributed by atoms with Gasteiger partial charge >= 0.3 is 0 Å². The zero-order valence-corrected chi connectivity index (χ0v) is 20.4. The SMILES string of the molecule is CCN1c2cc(C)c(/C=C3\C(C)=C(C#N)c4nc(N)c(C#N)c(C)c43)cc2C(C)=CC1(C)C. The molecule has 4 rings (SSSR count). The van der Waals surface area contributed by atoms with E-state index < -0.39 is 0 Å². The first-order valence-electron chi connectivity index (χ1n) is 11.2. The van der Waals surface area contributed by atoms with Crippen molar-refractivity contribution in [3.8, 4) is 12.1 Å². The molecule has 2 heterocycles. The van der Waals surface area contributed by atoms with Gasteiger partial charge in [0.05, 0.1) is 22.4 Å². The highest BCUT2D eigenvalue weighted by Crippen LogP contribution is 2.45. The summed E-state index contributed by atoms with van der Waals surface area (Å²) >= 11 is 0. The molecule has 0 saturated heterocycles. The molecule has 0 unspecified atom stereocenters. The van der Waals surface area contributed by atoms with Gasteiger partial charge in [-0.05, 0) is 100 Å². The van der Waals surface area contributed by atoms with E-state index in [1.807, 2.05) is 13.8 Å². The predicted molar refractivity (Wildman–Crippen MR) is 136 cm³/mol. The molecule has 1 aromatic carbocycles. The summed E-state index contributed by atoms with van der Waals surface area (Å²) < 4.78 is 0. The van der Waals surface area contributed by atoms with E-state index >= 15 is 0 Å². The van der Waals surface area contributed by atoms with E-state index in [4.69, 9.17) is 5.73 Å². The third-order valence-corrected chi connectivity index (χ3v) is 6.97. The molecule has 2 aromatic rings. The van der Waals surface area contributed by atoms with Gasteiger partial charge in [-0.3, -0.25) is 0 Å². The highest BCUT2D eigenvalue weighted by atomic mass is 15.2. The van der Waals surface area contributed by atoms with Gasteiger partial charge in [-0.15, -0.1) is 0 Å². The van der Waals surface area contributed by atoms with Crippen LogP contribution in [0.25, 0.3) is 22.8 Å². The van der Waals surface area contributed by atoms with Crippen molar-refractivity contribution in [2.24, 2.45) is 0 Å². The molecule has 166 valence electrons. The Morgan fingerprint density at radius 1 is 1.12 bits per heavy atom. The first-order valence-corrected chi connectivity index (χ1v) is 11.2. The fourth-order valence-electron chi connectivity index (χ4n) is 5.33. The van der Waals surface area contributed by atoms with Crippen molar-refractivity contribution >= 4 is 34.3 Å². The van der Waals surface area contributed by atoms with Crippen LogP contribution in [0.5, 0.6) is 0 Å². The maximum atomic E-state index is 9.83. The summed E-state index contributed by atoms with van der Waals surface area (Å²) in [6.07, 6.45) is 4.45. The van der Waals surface area contributed by atoms with E-state index in [9.17, 15) is 10.5 Å². The normalized spacial score (nSPS) is 17.4. The molecule has 0 amide bonds. The van der Waals surface area contributed by atoms with Crippen LogP contribution in [0.4, 0.5) is 11.5 Å². The standard InChI is InChI=1S/C28H29N5/c1-8-33-24-9-15(2)19(10-20(24)16(3)12-28(33,6)7)11-21-17(4)22(13-29)26-25(21)18(5)23(14-30)27(31)32-26/h9-12H,8H2,1-7H3,(H2,31,32)/b21-11+. The number of likely N-dealkylation sites (N-methyl/N-ethyl adjacent to an activating group) is 1. The molecule has 2 aliphatic rings. The Kier molecular flexibility index (Phi) is 5.18. The smallest absolute Gasteiger partial charge is 0.142 e. The Morgan fingerprint density at radius 3 is 2.42 bits per heavy atom. The molecular weight excluding hydrogens is 406 g/mol. The third-order valence-electron chi connectivity index (χ3n) is 6.97. The van der Waals surface area contributed by atoms with Gasteiger partial charge in [0, 0.05) is 23.4 Å². The number of nitrogens with two attached hydrogens (primary N) is 1. The van der Waals surface area contributed by atoms with Gasteiger partial charge in [0.15, 0.2) is 0 Å². The van der Waals surface area contributed by atoms with Crippen LogP contribution >= 0.6 is 0 Å². The van der Waals surface area contributed by atoms with Crippen molar-refractivity contribution in [1.82, 2.24) is 4.98 Å². The summed E-state index contributed by atoms with van der Waals surface area (Å²) in [5.74, 6) is 0.170. The van der Waals surface area contributed by atoms with Gasteiger partial charge in [-0.1, -0.05) is 6.08 Å². The lowest BCUT2D eigenvalue weighted by Gasteiger charge is -2.43. The van der Waals surface area contributed by atoms with E-state index in [0.717, 1.165) is 39.9 Å². The molecule has 0 saturated carbocycles. The topological polar surface area (TPSA) is 89.7 Å². The van der Waals surface area contributed by atoms with Crippen LogP contribution in [-0.4, -0.2) is 17.1 Å². The van der Waals surface area contributed by atoms with Crippen LogP contribution in [0.3, 0.4) is 0 Å². The fourth-order valence-corrected chi connectivity index (χ4v) is 5.33. The summed E-state index contributed by atoms with van der Waals surface area (Å²) in [6, 6.07) is 8.97. The molecule has 1 aliphatic heterocycles. The van der Waals surface area contributed by atoms with Crippen LogP contribution < -0.4 is 10.6 Å². The minimum atomic E-state index is -0.0416. The number of nitrogens with zero attached hydrogens (tertiary/aromatic N) is 4. The molecule has 0 bridgehead atoms. The van der Waals surface area contributed by atoms with Crippen LogP contribution in [-0.2, 0) is 0 Å². The van der Waals surface area contributed by atoms with Crippen molar-refractivity contribution in [1.29, 1.82) is 10.5 Å². The molecule has 33 heavy (non-hydrogen) atoms. The van der Waals surface area contributed by atoms with Crippen molar-refractivity contribution in [2.45, 2.75) is 54.0 Å². The summed E-state index contributed by atoms with van der Waals surface area (Å²) in [6.45, 7) is 15.7. The number of nitrogen functional groups attached to an aromatic ring is 1. The Bertz CT molecular complexity index is 1390. The Balaban J connectivity index is 1.98. The van der Waals surface area contributed by atoms with Crippen LogP contribution in [0, 0.1) is 36.5 Å². The molecule has 1 aromatic heterocycles. The monoisotopic (exact) mass is 435 g/mol. The summed E-state index contributed by atoms with van der Waals surface area (Å²) in [7, 11) is 0. The maximum absolute atomic E-state index is 9.83. The van der Waals surface area contributed by atoms with E-state index in [2.05, 4.69) is 80.9 Å². The molecule has 2 N–H and O–H groups in total. The van der Waals surface area contributed by atoms with Crippen molar-refractivity contribution in [2.75, 3.05) is 17.2 Å². The van der Waals surface area contributed by atoms with Gasteiger partial charge in [0.25, 0.3) is 0 Å². The Morgan fingerprint density at radius 2 is 1.82 bits per heavy atom. The van der Waals surface area contributed by atoms with Crippen molar-refractivity contribution in [3.05, 3.63) is 62.9 Å². The van der Waals surface area contributed by atoms with E-state index in [1.54, 1.807) is 0 Å². The Labute approximate surface area is 196 Å². The molecule has 1 aliphatic carbocycles. The lowest BCUT2D eigenvalue weighted by Crippen LogP contribution is -2.44. The van der Waals surface area contributed by atoms with Gasteiger partial charge in [0.2, 0.25) is 0 Å². The molecule has 0 spiro atoms. The average molecular weight is 436 g/mol. The number of aromatic nitrogens is 1. The number of fused-ring (bicyclic) bond motifs is 2. The average Bonchev–Trinajstić information content (AvgIpc) is 2.99. The number of hydrogen-bond donors (Lipinski definition) is 1. The van der Waals surface area contributed by atoms with Crippen LogP contribution in [0.1, 0.15) is 73.7 Å². The van der Waals surface area contributed by atoms with Crippen LogP contribution in [0.2, 0.25) is 0 Å². The quantitative estimate of drug-likeness (QED) is 0.622. The number of anilines is 2. The number of hydrogen-bond acceptors (Lipinski definition) is 5. The predicted octanol–water partition coefficient (Wildman–Crippen LogP) is 6.03. The van der Waals surface area contributed by atoms with Crippen molar-refractivity contribution in [3.63, 3.8) is 0 Å². The molecule has 0 radical (unpaired) electrons. The van der Waals surface area contributed by atoms with Gasteiger partial charge < -0.3 is 10.6 Å². The lowest BCUT2D eigenvalue weighted by molar-refractivity contribution is 0.566. The first-order chi connectivity index (χ1) is 15.5. The summed E-state index contributed by atoms with van der Waals surface area (Å²) in [5.41, 5.74) is 16.8. The minimum Gasteiger partial charge on any atom is -0.383 e. The van der Waals surface area contributed by atoms with Crippen LogP contribution in [0.15, 0.2) is 23.8 Å². The second kappa shape index (κ2) is 7.64. The third kappa shape index (κ3) is 3.24. The zero-order valence-electron chi connectivity index (χ0n) is 20.4. The zero-order chi connectivity index (χ0) is 24.2. The molecule has 0 fully saturated rings. The second-order valence-electron chi connectivity index (χ2n) is 9.45. The summed E-state index contributed by atoms with van der Waals surface area (Å²) in [5, 5.41) is 19.4. The maximum Gasteiger partial charge on any atom is 0.142 e. The number of aryl methyl sites for hydroxylation is 1. The minimum absolute atomic E-state index is 0.0416. The number of rotatable bonds is 2. The Hall–Kier alpha value is -3.83. The molecular formula is C28H29N5. The van der Waals surface area contributed by atoms with Gasteiger partial charge in [-0.2, -0.15) is 10.5 Å². The molecule has 5 heteroatoms. The second-order valence-corrected chi connectivity index (χ2v) is 9.45. The number of pyridine rings is 1. The number of allylic oxidation sites excluding steroid dienone is 4.